The van der Waals surface area contributed by atoms with E-state index in [0.717, 1.165) is 11.3 Å². The highest BCUT2D eigenvalue weighted by molar-refractivity contribution is 5.89. The number of nitrogens with one attached hydrogen (secondary N) is 2. The van der Waals surface area contributed by atoms with Gasteiger partial charge in [-0.2, -0.15) is 0 Å². The van der Waals surface area contributed by atoms with E-state index in [4.69, 9.17) is 9.26 Å². The maximum atomic E-state index is 11.7. The Bertz CT molecular complexity index is 595. The number of carbonyl (C=O) groups excluding carboxylic acids is 1. The van der Waals surface area contributed by atoms with Crippen LogP contribution >= 0.6 is 0 Å². The highest BCUT2D eigenvalue weighted by Gasteiger charge is 2.06. The van der Waals surface area contributed by atoms with E-state index in [9.17, 15) is 4.79 Å². The van der Waals surface area contributed by atoms with Gasteiger partial charge in [0.2, 0.25) is 5.91 Å². The van der Waals surface area contributed by atoms with E-state index in [2.05, 4.69) is 15.8 Å². The number of ether oxygens (including phenoxy) is 1. The zero-order valence-electron chi connectivity index (χ0n) is 12.2. The molecule has 0 aliphatic heterocycles. The number of aryl methyl sites for hydroxylation is 1. The van der Waals surface area contributed by atoms with Crippen LogP contribution in [-0.2, 0) is 11.3 Å². The maximum Gasteiger partial charge on any atom is 0.226 e. The van der Waals surface area contributed by atoms with E-state index < -0.39 is 0 Å². The Morgan fingerprint density at radius 2 is 2.19 bits per heavy atom. The van der Waals surface area contributed by atoms with Crippen LogP contribution in [0, 0.1) is 6.92 Å². The molecule has 6 nitrogen and oxygen atoms in total. The first-order chi connectivity index (χ1) is 10.2. The van der Waals surface area contributed by atoms with Crippen molar-refractivity contribution in [3.8, 4) is 5.75 Å². The van der Waals surface area contributed by atoms with Gasteiger partial charge in [0.1, 0.15) is 11.5 Å². The fourth-order valence-electron chi connectivity index (χ4n) is 1.90. The van der Waals surface area contributed by atoms with Gasteiger partial charge < -0.3 is 19.9 Å². The zero-order chi connectivity index (χ0) is 15.1. The molecule has 0 saturated carbocycles. The minimum absolute atomic E-state index is 0.101. The quantitative estimate of drug-likeness (QED) is 0.763. The topological polar surface area (TPSA) is 76.4 Å². The molecule has 2 rings (SSSR count). The molecule has 0 spiro atoms. The van der Waals surface area contributed by atoms with Crippen molar-refractivity contribution in [3.05, 3.63) is 41.7 Å². The van der Waals surface area contributed by atoms with Gasteiger partial charge in [-0.3, -0.25) is 4.79 Å². The van der Waals surface area contributed by atoms with Gasteiger partial charge in [-0.15, -0.1) is 0 Å². The van der Waals surface area contributed by atoms with Crippen molar-refractivity contribution >= 4 is 11.7 Å². The molecule has 2 N–H and O–H groups in total. The smallest absolute Gasteiger partial charge is 0.226 e. The van der Waals surface area contributed by atoms with E-state index in [1.165, 1.54) is 0 Å². The first-order valence-corrected chi connectivity index (χ1v) is 6.75. The summed E-state index contributed by atoms with van der Waals surface area (Å²) < 4.78 is 10.1. The number of hydrogen-bond donors (Lipinski definition) is 2. The average Bonchev–Trinajstić information content (AvgIpc) is 2.89. The molecule has 0 unspecified atom stereocenters. The standard InChI is InChI=1S/C15H19N3O3/c1-11-9-14(18-21-11)17-15(19)7-8-16-10-12-5-3-4-6-13(12)20-2/h3-6,9,16H,7-8,10H2,1-2H3,(H,17,18,19). The minimum Gasteiger partial charge on any atom is -0.496 e. The Labute approximate surface area is 123 Å². The SMILES string of the molecule is COc1ccccc1CNCCC(=O)Nc1cc(C)on1. The van der Waals surface area contributed by atoms with Crippen LogP contribution in [0.25, 0.3) is 0 Å². The molecule has 0 saturated heterocycles. The van der Waals surface area contributed by atoms with Crippen molar-refractivity contribution in [2.45, 2.75) is 19.9 Å². The lowest BCUT2D eigenvalue weighted by Crippen LogP contribution is -2.21. The van der Waals surface area contributed by atoms with Gasteiger partial charge in [0, 0.05) is 31.1 Å². The van der Waals surface area contributed by atoms with Gasteiger partial charge in [0.15, 0.2) is 5.82 Å². The lowest BCUT2D eigenvalue weighted by Gasteiger charge is -2.09. The monoisotopic (exact) mass is 289 g/mol. The molecule has 1 heterocycles. The molecule has 1 amide bonds. The summed E-state index contributed by atoms with van der Waals surface area (Å²) in [6, 6.07) is 9.47. The predicted octanol–water partition coefficient (Wildman–Crippen LogP) is 2.11. The van der Waals surface area contributed by atoms with Gasteiger partial charge >= 0.3 is 0 Å². The lowest BCUT2D eigenvalue weighted by molar-refractivity contribution is -0.116. The summed E-state index contributed by atoms with van der Waals surface area (Å²) in [6.45, 7) is 3.00. The molecular weight excluding hydrogens is 270 g/mol. The lowest BCUT2D eigenvalue weighted by atomic mass is 10.2. The molecule has 1 aromatic heterocycles. The Morgan fingerprint density at radius 1 is 1.38 bits per heavy atom. The van der Waals surface area contributed by atoms with Crippen LogP contribution in [-0.4, -0.2) is 24.7 Å². The van der Waals surface area contributed by atoms with E-state index in [1.54, 1.807) is 20.1 Å². The molecule has 2 aromatic rings. The molecule has 0 aliphatic rings. The molecule has 0 aliphatic carbocycles. The van der Waals surface area contributed by atoms with Crippen LogP contribution in [0.15, 0.2) is 34.9 Å². The molecule has 0 atom stereocenters. The third kappa shape index (κ3) is 4.61. The fourth-order valence-corrected chi connectivity index (χ4v) is 1.90. The number of hydrogen-bond acceptors (Lipinski definition) is 5. The Balaban J connectivity index is 1.71. The first-order valence-electron chi connectivity index (χ1n) is 6.75. The number of anilines is 1. The first kappa shape index (κ1) is 15.1. The molecule has 0 radical (unpaired) electrons. The maximum absolute atomic E-state index is 11.7. The van der Waals surface area contributed by atoms with Crippen molar-refractivity contribution < 1.29 is 14.1 Å². The number of para-hydroxylation sites is 1. The minimum atomic E-state index is -0.101. The third-order valence-electron chi connectivity index (χ3n) is 2.93. The van der Waals surface area contributed by atoms with E-state index in [1.807, 2.05) is 24.3 Å². The van der Waals surface area contributed by atoms with Crippen LogP contribution in [0.4, 0.5) is 5.82 Å². The summed E-state index contributed by atoms with van der Waals surface area (Å²) in [5.41, 5.74) is 1.06. The van der Waals surface area contributed by atoms with Crippen molar-refractivity contribution in [1.82, 2.24) is 10.5 Å². The van der Waals surface area contributed by atoms with Gasteiger partial charge in [0.05, 0.1) is 7.11 Å². The van der Waals surface area contributed by atoms with Crippen LogP contribution in [0.3, 0.4) is 0 Å². The fraction of sp³-hybridized carbons (Fsp3) is 0.333. The van der Waals surface area contributed by atoms with Crippen molar-refractivity contribution in [1.29, 1.82) is 0 Å². The van der Waals surface area contributed by atoms with Gasteiger partial charge in [-0.05, 0) is 13.0 Å². The van der Waals surface area contributed by atoms with Gasteiger partial charge in [-0.25, -0.2) is 0 Å². The zero-order valence-corrected chi connectivity index (χ0v) is 12.2. The molecule has 1 aromatic carbocycles. The number of amides is 1. The molecule has 21 heavy (non-hydrogen) atoms. The summed E-state index contributed by atoms with van der Waals surface area (Å²) in [5, 5.41) is 9.60. The highest BCUT2D eigenvalue weighted by Crippen LogP contribution is 2.16. The predicted molar refractivity (Wildman–Crippen MR) is 79.2 cm³/mol. The molecule has 6 heteroatoms. The third-order valence-corrected chi connectivity index (χ3v) is 2.93. The van der Waals surface area contributed by atoms with Gasteiger partial charge in [0.25, 0.3) is 0 Å². The number of benzene rings is 1. The second-order valence-electron chi connectivity index (χ2n) is 4.61. The van der Waals surface area contributed by atoms with E-state index in [0.29, 0.717) is 31.1 Å². The normalized spacial score (nSPS) is 10.4. The average molecular weight is 289 g/mol. The van der Waals surface area contributed by atoms with Crippen LogP contribution in [0.5, 0.6) is 5.75 Å². The summed E-state index contributed by atoms with van der Waals surface area (Å²) in [6.07, 6.45) is 0.362. The van der Waals surface area contributed by atoms with E-state index in [-0.39, 0.29) is 5.91 Å². The van der Waals surface area contributed by atoms with Crippen molar-refractivity contribution in [2.24, 2.45) is 0 Å². The summed E-state index contributed by atoms with van der Waals surface area (Å²) in [7, 11) is 1.65. The number of methoxy groups -OCH3 is 1. The van der Waals surface area contributed by atoms with E-state index >= 15 is 0 Å². The summed E-state index contributed by atoms with van der Waals surface area (Å²) in [4.78, 5) is 11.7. The Morgan fingerprint density at radius 3 is 2.90 bits per heavy atom. The Kier molecular flexibility index (Phi) is 5.34. The largest absolute Gasteiger partial charge is 0.496 e. The second kappa shape index (κ2) is 7.44. The number of carbonyl (C=O) groups is 1. The number of aromatic nitrogens is 1. The van der Waals surface area contributed by atoms with Crippen LogP contribution in [0.2, 0.25) is 0 Å². The van der Waals surface area contributed by atoms with Crippen LogP contribution in [0.1, 0.15) is 17.7 Å². The van der Waals surface area contributed by atoms with Crippen molar-refractivity contribution in [3.63, 3.8) is 0 Å². The van der Waals surface area contributed by atoms with Crippen molar-refractivity contribution in [2.75, 3.05) is 19.0 Å². The van der Waals surface area contributed by atoms with Gasteiger partial charge in [-0.1, -0.05) is 23.4 Å². The number of nitrogens with zero attached hydrogens (tertiary/aromatic N) is 1. The number of rotatable bonds is 7. The summed E-state index contributed by atoms with van der Waals surface area (Å²) in [5.74, 6) is 1.85. The molecule has 112 valence electrons. The molecule has 0 fully saturated rings. The second-order valence-corrected chi connectivity index (χ2v) is 4.61. The summed E-state index contributed by atoms with van der Waals surface area (Å²) >= 11 is 0. The molecular formula is C15H19N3O3. The Hall–Kier alpha value is -2.34. The highest BCUT2D eigenvalue weighted by atomic mass is 16.5. The molecule has 0 bridgehead atoms. The van der Waals surface area contributed by atoms with Crippen LogP contribution < -0.4 is 15.4 Å².